The van der Waals surface area contributed by atoms with Crippen molar-refractivity contribution in [2.75, 3.05) is 0 Å². The summed E-state index contributed by atoms with van der Waals surface area (Å²) in [7, 11) is 0. The molecule has 1 aliphatic carbocycles. The van der Waals surface area contributed by atoms with Crippen LogP contribution in [0, 0.1) is 0 Å². The molecule has 0 aliphatic heterocycles. The second-order valence-corrected chi connectivity index (χ2v) is 14.7. The summed E-state index contributed by atoms with van der Waals surface area (Å²) in [6.07, 6.45) is 0. The lowest BCUT2D eigenvalue weighted by molar-refractivity contribution is 1.07. The zero-order valence-corrected chi connectivity index (χ0v) is 31.5. The molecule has 1 aliphatic rings. The predicted molar refractivity (Wildman–Crippen MR) is 240 cm³/mol. The molecule has 0 N–H and O–H groups in total. The van der Waals surface area contributed by atoms with E-state index in [2.05, 4.69) is 170 Å². The van der Waals surface area contributed by atoms with Crippen LogP contribution in [-0.4, -0.2) is 15.0 Å². The molecular weight excluding hydrogens is 703 g/mol. The highest BCUT2D eigenvalue weighted by Gasteiger charge is 2.23. The predicted octanol–water partition coefficient (Wildman–Crippen LogP) is 14.3. The highest BCUT2D eigenvalue weighted by molar-refractivity contribution is 6.19. The number of hydrogen-bond donors (Lipinski definition) is 0. The fourth-order valence-electron chi connectivity index (χ4n) is 8.56. The van der Waals surface area contributed by atoms with Gasteiger partial charge >= 0.3 is 0 Å². The van der Waals surface area contributed by atoms with Gasteiger partial charge in [0.2, 0.25) is 0 Å². The van der Waals surface area contributed by atoms with Gasteiger partial charge in [0, 0.05) is 16.7 Å². The molecule has 0 radical (unpaired) electrons. The van der Waals surface area contributed by atoms with Crippen molar-refractivity contribution in [3.8, 4) is 101 Å². The summed E-state index contributed by atoms with van der Waals surface area (Å²) in [5.74, 6) is 1.92. The maximum atomic E-state index is 5.09. The Morgan fingerprint density at radius 2 is 0.552 bits per heavy atom. The second-order valence-electron chi connectivity index (χ2n) is 14.7. The standard InChI is InChI=1S/C55H35N3/c1-3-14-38(15-4-1)43-19-8-12-23-51(43)55-57-53(40-16-5-2-6-17-40)56-54(58-55)41-32-28-37(29-33-41)36-26-30-39(31-27-36)42-18-7-9-20-44(42)47-34-35-50-46-22-11-10-21-45(46)48-24-13-25-49(47)52(48)50/h1-35H. The van der Waals surface area contributed by atoms with E-state index in [4.69, 9.17) is 15.0 Å². The van der Waals surface area contributed by atoms with Crippen LogP contribution >= 0.6 is 0 Å². The fraction of sp³-hybridized carbons (Fsp3) is 0. The topological polar surface area (TPSA) is 38.7 Å². The first kappa shape index (κ1) is 33.6. The Morgan fingerprint density at radius 3 is 1.16 bits per heavy atom. The molecule has 3 heteroatoms. The van der Waals surface area contributed by atoms with Crippen molar-refractivity contribution in [1.82, 2.24) is 15.0 Å². The molecule has 1 heterocycles. The van der Waals surface area contributed by atoms with Crippen LogP contribution < -0.4 is 0 Å². The maximum Gasteiger partial charge on any atom is 0.164 e. The molecule has 0 saturated heterocycles. The molecule has 10 aromatic rings. The van der Waals surface area contributed by atoms with E-state index in [0.717, 1.165) is 38.9 Å². The molecule has 0 unspecified atom stereocenters. The second kappa shape index (κ2) is 14.1. The number of fused-ring (bicyclic) bond motifs is 3. The third-order valence-corrected chi connectivity index (χ3v) is 11.4. The van der Waals surface area contributed by atoms with Crippen LogP contribution in [0.25, 0.3) is 112 Å². The molecular formula is C55H35N3. The van der Waals surface area contributed by atoms with E-state index in [-0.39, 0.29) is 0 Å². The van der Waals surface area contributed by atoms with Crippen LogP contribution in [-0.2, 0) is 0 Å². The van der Waals surface area contributed by atoms with Crippen molar-refractivity contribution in [3.05, 3.63) is 212 Å². The Labute approximate surface area is 337 Å². The lowest BCUT2D eigenvalue weighted by atomic mass is 9.89. The van der Waals surface area contributed by atoms with Crippen molar-refractivity contribution in [3.63, 3.8) is 0 Å². The number of rotatable bonds is 7. The van der Waals surface area contributed by atoms with Gasteiger partial charge in [-0.3, -0.25) is 0 Å². The van der Waals surface area contributed by atoms with E-state index in [1.165, 1.54) is 55.3 Å². The molecule has 0 amide bonds. The van der Waals surface area contributed by atoms with E-state index in [1.807, 2.05) is 42.5 Å². The highest BCUT2D eigenvalue weighted by atomic mass is 15.0. The molecule has 9 aromatic carbocycles. The Kier molecular flexibility index (Phi) is 8.15. The normalized spacial score (nSPS) is 11.4. The molecule has 1 aromatic heterocycles. The summed E-state index contributed by atoms with van der Waals surface area (Å²) >= 11 is 0. The number of hydrogen-bond acceptors (Lipinski definition) is 3. The summed E-state index contributed by atoms with van der Waals surface area (Å²) < 4.78 is 0. The van der Waals surface area contributed by atoms with Crippen molar-refractivity contribution in [2.45, 2.75) is 0 Å². The van der Waals surface area contributed by atoms with Crippen LogP contribution in [0.15, 0.2) is 212 Å². The minimum absolute atomic E-state index is 0.636. The van der Waals surface area contributed by atoms with Crippen molar-refractivity contribution >= 4 is 10.8 Å². The van der Waals surface area contributed by atoms with Crippen molar-refractivity contribution < 1.29 is 0 Å². The molecule has 3 nitrogen and oxygen atoms in total. The summed E-state index contributed by atoms with van der Waals surface area (Å²) in [6, 6.07) is 75.2. The Hall–Kier alpha value is -7.75. The van der Waals surface area contributed by atoms with Gasteiger partial charge < -0.3 is 0 Å². The monoisotopic (exact) mass is 737 g/mol. The largest absolute Gasteiger partial charge is 0.208 e. The van der Waals surface area contributed by atoms with Crippen LogP contribution in [0.1, 0.15) is 0 Å². The van der Waals surface area contributed by atoms with Gasteiger partial charge in [-0.1, -0.05) is 212 Å². The van der Waals surface area contributed by atoms with Gasteiger partial charge in [-0.15, -0.1) is 0 Å². The van der Waals surface area contributed by atoms with Gasteiger partial charge in [0.1, 0.15) is 0 Å². The molecule has 11 rings (SSSR count). The highest BCUT2D eigenvalue weighted by Crippen LogP contribution is 2.50. The van der Waals surface area contributed by atoms with Crippen molar-refractivity contribution in [2.24, 2.45) is 0 Å². The van der Waals surface area contributed by atoms with E-state index in [9.17, 15) is 0 Å². The van der Waals surface area contributed by atoms with Crippen LogP contribution in [0.5, 0.6) is 0 Å². The summed E-state index contributed by atoms with van der Waals surface area (Å²) in [5, 5.41) is 2.63. The summed E-state index contributed by atoms with van der Waals surface area (Å²) in [4.78, 5) is 15.1. The van der Waals surface area contributed by atoms with E-state index in [1.54, 1.807) is 0 Å². The maximum absolute atomic E-state index is 5.09. The molecule has 0 spiro atoms. The van der Waals surface area contributed by atoms with Gasteiger partial charge in [-0.25, -0.2) is 15.0 Å². The smallest absolute Gasteiger partial charge is 0.164 e. The molecule has 270 valence electrons. The van der Waals surface area contributed by atoms with Gasteiger partial charge in [-0.05, 0) is 77.5 Å². The number of nitrogens with zero attached hydrogens (tertiary/aromatic N) is 3. The van der Waals surface area contributed by atoms with E-state index in [0.29, 0.717) is 17.5 Å². The number of benzene rings is 9. The first-order chi connectivity index (χ1) is 28.8. The molecule has 58 heavy (non-hydrogen) atoms. The lowest BCUT2D eigenvalue weighted by Gasteiger charge is -2.14. The third-order valence-electron chi connectivity index (χ3n) is 11.4. The quantitative estimate of drug-likeness (QED) is 0.163. The average molecular weight is 738 g/mol. The lowest BCUT2D eigenvalue weighted by Crippen LogP contribution is -2.01. The van der Waals surface area contributed by atoms with Crippen LogP contribution in [0.3, 0.4) is 0 Å². The average Bonchev–Trinajstić information content (AvgIpc) is 3.64. The molecule has 0 fully saturated rings. The Balaban J connectivity index is 0.929. The summed E-state index contributed by atoms with van der Waals surface area (Å²) in [5.41, 5.74) is 17.5. The van der Waals surface area contributed by atoms with Gasteiger partial charge in [0.25, 0.3) is 0 Å². The first-order valence-electron chi connectivity index (χ1n) is 19.7. The van der Waals surface area contributed by atoms with Crippen LogP contribution in [0.2, 0.25) is 0 Å². The third kappa shape index (κ3) is 5.80. The zero-order valence-electron chi connectivity index (χ0n) is 31.5. The van der Waals surface area contributed by atoms with Gasteiger partial charge in [0.15, 0.2) is 17.5 Å². The van der Waals surface area contributed by atoms with Crippen LogP contribution in [0.4, 0.5) is 0 Å². The minimum atomic E-state index is 0.636. The zero-order chi connectivity index (χ0) is 38.4. The Morgan fingerprint density at radius 1 is 0.190 bits per heavy atom. The first-order valence-corrected chi connectivity index (χ1v) is 19.7. The van der Waals surface area contributed by atoms with Gasteiger partial charge in [0.05, 0.1) is 0 Å². The SMILES string of the molecule is c1ccc(-c2nc(-c3ccc(-c4ccc(-c5ccccc5-c5ccc6c7c(cccc57)-c5ccccc5-6)cc4)cc3)nc(-c3ccccc3-c3ccccc3)n2)cc1. The Bertz CT molecular complexity index is 3100. The van der Waals surface area contributed by atoms with Gasteiger partial charge in [-0.2, -0.15) is 0 Å². The van der Waals surface area contributed by atoms with Crippen molar-refractivity contribution in [1.29, 1.82) is 0 Å². The molecule has 0 bridgehead atoms. The van der Waals surface area contributed by atoms with E-state index < -0.39 is 0 Å². The number of aromatic nitrogens is 3. The summed E-state index contributed by atoms with van der Waals surface area (Å²) in [6.45, 7) is 0. The minimum Gasteiger partial charge on any atom is -0.208 e. The molecule has 0 saturated carbocycles. The fourth-order valence-corrected chi connectivity index (χ4v) is 8.56. The molecule has 0 atom stereocenters. The van der Waals surface area contributed by atoms with E-state index >= 15 is 0 Å².